The second-order valence-corrected chi connectivity index (χ2v) is 13.4. The third-order valence-corrected chi connectivity index (χ3v) is 11.4. The molecule has 7 heteroatoms. The number of hydrogen-bond acceptors (Lipinski definition) is 6. The van der Waals surface area contributed by atoms with Crippen molar-refractivity contribution in [3.05, 3.63) is 54.1 Å². The van der Waals surface area contributed by atoms with E-state index >= 15 is 4.39 Å². The van der Waals surface area contributed by atoms with E-state index in [1.54, 1.807) is 13.0 Å². The summed E-state index contributed by atoms with van der Waals surface area (Å²) in [6.45, 7) is 7.55. The van der Waals surface area contributed by atoms with E-state index in [1.165, 1.54) is 23.9 Å². The third-order valence-electron chi connectivity index (χ3n) is 10.4. The maximum Gasteiger partial charge on any atom is 0.306 e. The van der Waals surface area contributed by atoms with Crippen molar-refractivity contribution in [2.24, 2.45) is 28.6 Å². The first kappa shape index (κ1) is 28.3. The van der Waals surface area contributed by atoms with Crippen molar-refractivity contribution in [3.8, 4) is 0 Å². The maximum absolute atomic E-state index is 17.5. The highest BCUT2D eigenvalue weighted by Crippen LogP contribution is 2.71. The number of hydrogen-bond donors (Lipinski definition) is 1. The molecule has 1 aromatic rings. The van der Waals surface area contributed by atoms with Crippen LogP contribution < -0.4 is 0 Å². The largest absolute Gasteiger partial charge is 0.450 e. The van der Waals surface area contributed by atoms with Gasteiger partial charge in [0, 0.05) is 34.0 Å². The number of benzene rings is 1. The predicted molar refractivity (Wildman–Crippen MR) is 149 cm³/mol. The van der Waals surface area contributed by atoms with Gasteiger partial charge in [-0.25, -0.2) is 4.39 Å². The van der Waals surface area contributed by atoms with Crippen LogP contribution in [0.1, 0.15) is 66.2 Å². The van der Waals surface area contributed by atoms with E-state index in [-0.39, 0.29) is 42.0 Å². The van der Waals surface area contributed by atoms with Gasteiger partial charge >= 0.3 is 5.97 Å². The number of Topliss-reactive ketones (excluding diaryl/α,β-unsaturated/α-hetero) is 1. The summed E-state index contributed by atoms with van der Waals surface area (Å²) in [6.07, 6.45) is 5.51. The summed E-state index contributed by atoms with van der Waals surface area (Å²) < 4.78 is 23.8. The number of alkyl halides is 1. The second kappa shape index (κ2) is 9.99. The number of ketones is 2. The van der Waals surface area contributed by atoms with Crippen LogP contribution in [0.4, 0.5) is 4.39 Å². The van der Waals surface area contributed by atoms with Gasteiger partial charge < -0.3 is 9.84 Å². The van der Waals surface area contributed by atoms with E-state index in [9.17, 15) is 19.5 Å². The van der Waals surface area contributed by atoms with Gasteiger partial charge in [-0.3, -0.25) is 14.4 Å². The highest BCUT2D eigenvalue weighted by Gasteiger charge is 2.77. The molecule has 0 aromatic heterocycles. The molecule has 3 saturated carbocycles. The van der Waals surface area contributed by atoms with Crippen LogP contribution in [0.25, 0.3) is 0 Å². The molecule has 0 heterocycles. The Labute approximate surface area is 234 Å². The van der Waals surface area contributed by atoms with E-state index in [2.05, 4.69) is 0 Å². The van der Waals surface area contributed by atoms with Gasteiger partial charge in [0.25, 0.3) is 0 Å². The number of aliphatic hydroxyl groups is 1. The van der Waals surface area contributed by atoms with Crippen LogP contribution in [0.5, 0.6) is 0 Å². The molecule has 5 nitrogen and oxygen atoms in total. The fraction of sp³-hybridized carbons (Fsp3) is 0.594. The Kier molecular flexibility index (Phi) is 7.24. The first-order valence-corrected chi connectivity index (χ1v) is 15.2. The lowest BCUT2D eigenvalue weighted by atomic mass is 9.44. The summed E-state index contributed by atoms with van der Waals surface area (Å²) in [6, 6.07) is 9.62. The molecule has 0 spiro atoms. The topological polar surface area (TPSA) is 80.7 Å². The lowest BCUT2D eigenvalue weighted by molar-refractivity contribution is -0.227. The molecule has 0 aliphatic heterocycles. The molecule has 0 radical (unpaired) electrons. The zero-order valence-corrected chi connectivity index (χ0v) is 24.1. The molecular formula is C32H39FO5S. The van der Waals surface area contributed by atoms with E-state index in [0.29, 0.717) is 25.7 Å². The molecule has 5 rings (SSSR count). The molecule has 4 aliphatic rings. The van der Waals surface area contributed by atoms with Crippen molar-refractivity contribution in [2.75, 3.05) is 5.75 Å². The summed E-state index contributed by atoms with van der Waals surface area (Å²) in [5.41, 5.74) is -4.77. The molecular weight excluding hydrogens is 515 g/mol. The molecule has 4 aliphatic carbocycles. The third kappa shape index (κ3) is 4.01. The minimum Gasteiger partial charge on any atom is -0.450 e. The van der Waals surface area contributed by atoms with Crippen molar-refractivity contribution in [1.82, 2.24) is 0 Å². The van der Waals surface area contributed by atoms with Gasteiger partial charge in [-0.1, -0.05) is 50.6 Å². The Morgan fingerprint density at radius 3 is 2.59 bits per heavy atom. The maximum atomic E-state index is 17.5. The Bertz CT molecular complexity index is 1230. The van der Waals surface area contributed by atoms with Crippen molar-refractivity contribution in [3.63, 3.8) is 0 Å². The Hall–Kier alpha value is -2.25. The number of carbonyl (C=O) groups excluding carboxylic acids is 3. The second-order valence-electron chi connectivity index (χ2n) is 12.4. The number of allylic oxidation sites excluding steroid dienone is 4. The minimum absolute atomic E-state index is 0.000805. The first-order chi connectivity index (χ1) is 18.4. The average Bonchev–Trinajstić information content (AvgIpc) is 3.11. The molecule has 0 saturated heterocycles. The standard InChI is InChI=1S/C32H39FO5S/c1-5-9-28(37)38-32(27(36)19-39-23-10-7-6-8-11-23)20(2)16-25-24-13-12-21-17-22(34)14-15-29(21,3)31(24,33)26(35)18-30(25,32)4/h6-8,10-11,14-15,17,20,24-26,35H,5,9,12-13,16,18-19H2,1-4H3/t20-,24-,25-,26-,29-,30-,31-,32-/m0/s1. The number of rotatable bonds is 7. The van der Waals surface area contributed by atoms with Gasteiger partial charge in [-0.15, -0.1) is 11.8 Å². The summed E-state index contributed by atoms with van der Waals surface area (Å²) in [5.74, 6) is -1.79. The molecule has 0 bridgehead atoms. The van der Waals surface area contributed by atoms with Crippen LogP contribution >= 0.6 is 11.8 Å². The van der Waals surface area contributed by atoms with Crippen LogP contribution in [0.15, 0.2) is 59.0 Å². The predicted octanol–water partition coefficient (Wildman–Crippen LogP) is 6.05. The van der Waals surface area contributed by atoms with E-state index in [0.717, 1.165) is 10.5 Å². The summed E-state index contributed by atoms with van der Waals surface area (Å²) >= 11 is 1.41. The van der Waals surface area contributed by atoms with Crippen molar-refractivity contribution in [1.29, 1.82) is 0 Å². The number of ether oxygens (including phenoxy) is 1. The van der Waals surface area contributed by atoms with Gasteiger partial charge in [-0.2, -0.15) is 0 Å². The van der Waals surface area contributed by atoms with E-state index in [1.807, 2.05) is 51.1 Å². The monoisotopic (exact) mass is 554 g/mol. The molecule has 210 valence electrons. The lowest BCUT2D eigenvalue weighted by Gasteiger charge is -2.62. The summed E-state index contributed by atoms with van der Waals surface area (Å²) in [4.78, 5) is 40.4. The van der Waals surface area contributed by atoms with Gasteiger partial charge in [0.05, 0.1) is 11.9 Å². The van der Waals surface area contributed by atoms with Gasteiger partial charge in [0.1, 0.15) is 0 Å². The van der Waals surface area contributed by atoms with Crippen LogP contribution in [0, 0.1) is 28.6 Å². The van der Waals surface area contributed by atoms with E-state index in [4.69, 9.17) is 4.74 Å². The van der Waals surface area contributed by atoms with Gasteiger partial charge in [0.2, 0.25) is 0 Å². The van der Waals surface area contributed by atoms with Crippen molar-refractivity contribution >= 4 is 29.3 Å². The summed E-state index contributed by atoms with van der Waals surface area (Å²) in [7, 11) is 0. The van der Waals surface area contributed by atoms with E-state index < -0.39 is 40.1 Å². The van der Waals surface area contributed by atoms with Crippen molar-refractivity contribution < 1.29 is 28.6 Å². The number of aliphatic hydroxyl groups excluding tert-OH is 1. The Balaban J connectivity index is 1.56. The zero-order valence-electron chi connectivity index (χ0n) is 23.2. The first-order valence-electron chi connectivity index (χ1n) is 14.2. The number of thioether (sulfide) groups is 1. The molecule has 0 unspecified atom stereocenters. The van der Waals surface area contributed by atoms with Gasteiger partial charge in [-0.05, 0) is 69.2 Å². The smallest absolute Gasteiger partial charge is 0.306 e. The lowest BCUT2D eigenvalue weighted by Crippen LogP contribution is -2.70. The normalized spacial score (nSPS) is 40.8. The van der Waals surface area contributed by atoms with Crippen LogP contribution in [-0.2, 0) is 19.1 Å². The fourth-order valence-corrected chi connectivity index (χ4v) is 9.47. The number of fused-ring (bicyclic) bond motifs is 5. The number of halogens is 1. The molecule has 3 fully saturated rings. The van der Waals surface area contributed by atoms with Crippen LogP contribution in [-0.4, -0.2) is 45.8 Å². The Morgan fingerprint density at radius 1 is 1.18 bits per heavy atom. The van der Waals surface area contributed by atoms with Gasteiger partial charge in [0.15, 0.2) is 22.8 Å². The van der Waals surface area contributed by atoms with Crippen LogP contribution in [0.2, 0.25) is 0 Å². The van der Waals surface area contributed by atoms with Crippen LogP contribution in [0.3, 0.4) is 0 Å². The highest BCUT2D eigenvalue weighted by atomic mass is 32.2. The molecule has 39 heavy (non-hydrogen) atoms. The molecule has 1 aromatic carbocycles. The number of esters is 1. The SMILES string of the molecule is CCCC(=O)O[C@]1(C(=O)CSc2ccccc2)[C@@H](C)C[C@H]2[C@@H]3CCC4=CC(=O)C=C[C@]4(C)[C@@]3(F)[C@@H](O)C[C@@]21C. The Morgan fingerprint density at radius 2 is 1.90 bits per heavy atom. The summed E-state index contributed by atoms with van der Waals surface area (Å²) in [5, 5.41) is 11.7. The molecule has 0 amide bonds. The quantitative estimate of drug-likeness (QED) is 0.327. The highest BCUT2D eigenvalue weighted by molar-refractivity contribution is 8.00. The fourth-order valence-electron chi connectivity index (χ4n) is 8.61. The molecule has 8 atom stereocenters. The zero-order chi connectivity index (χ0) is 28.2. The number of carbonyl (C=O) groups is 3. The molecule has 1 N–H and O–H groups in total. The average molecular weight is 555 g/mol. The van der Waals surface area contributed by atoms with Crippen molar-refractivity contribution in [2.45, 2.75) is 88.5 Å². The minimum atomic E-state index is -2.00.